The van der Waals surface area contributed by atoms with Crippen molar-refractivity contribution in [2.24, 2.45) is 11.3 Å². The Bertz CT molecular complexity index is 1520. The molecular weight excluding hydrogens is 552 g/mol. The minimum absolute atomic E-state index is 0.0320. The van der Waals surface area contributed by atoms with E-state index in [4.69, 9.17) is 14.5 Å². The van der Waals surface area contributed by atoms with Crippen LogP contribution in [0.15, 0.2) is 65.7 Å². The number of pyridine rings is 1. The third-order valence-electron chi connectivity index (χ3n) is 7.75. The highest BCUT2D eigenvalue weighted by Crippen LogP contribution is 2.44. The molecule has 5 rings (SSSR count). The monoisotopic (exact) mass is 592 g/mol. The molecule has 1 aliphatic heterocycles. The number of aromatic nitrogens is 1. The standard InChI is InChI=1S/C33H40N2O6S/c1-33(2,3)20-27-17-28(41-22-23-6-4-7-25(16-23)30(19-31(36)37)24-10-11-24)21-34-32(27)26-8-5-9-29(18-26)42(38,39)35-12-14-40-15-13-35/h4-9,16-18,21,24,30H,10-15,19-20,22H2,1-3H3,(H,36,37). The molecule has 1 saturated carbocycles. The summed E-state index contributed by atoms with van der Waals surface area (Å²) in [5.41, 5.74) is 4.44. The highest BCUT2D eigenvalue weighted by atomic mass is 32.2. The molecule has 2 fully saturated rings. The predicted molar refractivity (Wildman–Crippen MR) is 161 cm³/mol. The van der Waals surface area contributed by atoms with Crippen molar-refractivity contribution in [2.45, 2.75) is 63.9 Å². The van der Waals surface area contributed by atoms with E-state index in [0.29, 0.717) is 44.6 Å². The molecule has 9 heteroatoms. The van der Waals surface area contributed by atoms with Gasteiger partial charge in [-0.25, -0.2) is 8.42 Å². The Morgan fingerprint density at radius 1 is 1.10 bits per heavy atom. The summed E-state index contributed by atoms with van der Waals surface area (Å²) in [6, 6.07) is 17.0. The first-order valence-corrected chi connectivity index (χ1v) is 16.0. The predicted octanol–water partition coefficient (Wildman–Crippen LogP) is 5.91. The zero-order valence-electron chi connectivity index (χ0n) is 24.6. The third-order valence-corrected chi connectivity index (χ3v) is 9.64. The highest BCUT2D eigenvalue weighted by molar-refractivity contribution is 7.89. The summed E-state index contributed by atoms with van der Waals surface area (Å²) in [6.45, 7) is 8.28. The van der Waals surface area contributed by atoms with Crippen LogP contribution in [0, 0.1) is 11.3 Å². The number of hydrogen-bond acceptors (Lipinski definition) is 6. The van der Waals surface area contributed by atoms with Crippen molar-refractivity contribution >= 4 is 16.0 Å². The first-order chi connectivity index (χ1) is 20.0. The normalized spacial score (nSPS) is 17.1. The number of carbonyl (C=O) groups is 1. The Morgan fingerprint density at radius 2 is 1.83 bits per heavy atom. The van der Waals surface area contributed by atoms with Crippen LogP contribution in [0.5, 0.6) is 5.75 Å². The van der Waals surface area contributed by atoms with Crippen LogP contribution in [0.4, 0.5) is 0 Å². The number of aliphatic carboxylic acids is 1. The molecule has 3 aromatic rings. The van der Waals surface area contributed by atoms with Crippen LogP contribution >= 0.6 is 0 Å². The molecule has 1 unspecified atom stereocenters. The van der Waals surface area contributed by atoms with E-state index in [0.717, 1.165) is 47.2 Å². The first kappa shape index (κ1) is 30.2. The number of ether oxygens (including phenoxy) is 2. The summed E-state index contributed by atoms with van der Waals surface area (Å²) in [7, 11) is -3.64. The Labute approximate surface area is 248 Å². The number of carboxylic acids is 1. The molecular formula is C33H40N2O6S. The minimum atomic E-state index is -3.64. The number of carboxylic acid groups (broad SMARTS) is 1. The van der Waals surface area contributed by atoms with Gasteiger partial charge in [0.2, 0.25) is 10.0 Å². The fraction of sp³-hybridized carbons (Fsp3) is 0.455. The van der Waals surface area contributed by atoms with Crippen LogP contribution in [0.2, 0.25) is 0 Å². The van der Waals surface area contributed by atoms with Gasteiger partial charge in [-0.2, -0.15) is 4.31 Å². The number of morpholine rings is 1. The molecule has 2 heterocycles. The van der Waals surface area contributed by atoms with Gasteiger partial charge in [0.1, 0.15) is 12.4 Å². The molecule has 2 aliphatic rings. The molecule has 1 atom stereocenters. The fourth-order valence-electron chi connectivity index (χ4n) is 5.60. The van der Waals surface area contributed by atoms with E-state index < -0.39 is 16.0 Å². The lowest BCUT2D eigenvalue weighted by Gasteiger charge is -2.26. The van der Waals surface area contributed by atoms with E-state index in [2.05, 4.69) is 26.8 Å². The third kappa shape index (κ3) is 7.56. The zero-order chi connectivity index (χ0) is 29.9. The van der Waals surface area contributed by atoms with Gasteiger partial charge in [0.05, 0.1) is 36.4 Å². The van der Waals surface area contributed by atoms with E-state index in [1.54, 1.807) is 24.4 Å². The van der Waals surface area contributed by atoms with Gasteiger partial charge in [-0.3, -0.25) is 9.78 Å². The second kappa shape index (κ2) is 12.5. The maximum Gasteiger partial charge on any atom is 0.303 e. The van der Waals surface area contributed by atoms with Crippen LogP contribution in [-0.2, 0) is 32.6 Å². The van der Waals surface area contributed by atoms with Crippen molar-refractivity contribution in [1.82, 2.24) is 9.29 Å². The molecule has 1 saturated heterocycles. The van der Waals surface area contributed by atoms with E-state index in [9.17, 15) is 18.3 Å². The van der Waals surface area contributed by atoms with E-state index in [1.165, 1.54) is 4.31 Å². The van der Waals surface area contributed by atoms with Crippen LogP contribution in [0.25, 0.3) is 11.3 Å². The molecule has 1 N–H and O–H groups in total. The van der Waals surface area contributed by atoms with Gasteiger partial charge in [-0.05, 0) is 71.4 Å². The lowest BCUT2D eigenvalue weighted by molar-refractivity contribution is -0.137. The number of sulfonamides is 1. The first-order valence-electron chi connectivity index (χ1n) is 14.6. The Morgan fingerprint density at radius 3 is 2.52 bits per heavy atom. The smallest absolute Gasteiger partial charge is 0.303 e. The van der Waals surface area contributed by atoms with Crippen molar-refractivity contribution < 1.29 is 27.8 Å². The number of nitrogens with zero attached hydrogens (tertiary/aromatic N) is 2. The topological polar surface area (TPSA) is 106 Å². The molecule has 0 bridgehead atoms. The quantitative estimate of drug-likeness (QED) is 0.295. The molecule has 0 radical (unpaired) electrons. The van der Waals surface area contributed by atoms with Crippen molar-refractivity contribution in [1.29, 1.82) is 0 Å². The van der Waals surface area contributed by atoms with E-state index >= 15 is 0 Å². The molecule has 224 valence electrons. The summed E-state index contributed by atoms with van der Waals surface area (Å²) < 4.78 is 39.6. The van der Waals surface area contributed by atoms with Gasteiger partial charge in [0, 0.05) is 18.7 Å². The van der Waals surface area contributed by atoms with Crippen molar-refractivity contribution in [3.8, 4) is 17.0 Å². The van der Waals surface area contributed by atoms with Crippen molar-refractivity contribution in [3.05, 3.63) is 77.5 Å². The SMILES string of the molecule is CC(C)(C)Cc1cc(OCc2cccc(C(CC(=O)O)C3CC3)c2)cnc1-c1cccc(S(=O)(=O)N2CCOCC2)c1. The fourth-order valence-corrected chi connectivity index (χ4v) is 7.05. The maximum absolute atomic E-state index is 13.3. The molecule has 1 aliphatic carbocycles. The summed E-state index contributed by atoms with van der Waals surface area (Å²) >= 11 is 0. The van der Waals surface area contributed by atoms with Crippen LogP contribution in [0.3, 0.4) is 0 Å². The summed E-state index contributed by atoms with van der Waals surface area (Å²) in [5.74, 6) is 0.334. The maximum atomic E-state index is 13.3. The van der Waals surface area contributed by atoms with Crippen molar-refractivity contribution in [3.63, 3.8) is 0 Å². The summed E-state index contributed by atoms with van der Waals surface area (Å²) in [6.07, 6.45) is 4.71. The highest BCUT2D eigenvalue weighted by Gasteiger charge is 2.34. The lowest BCUT2D eigenvalue weighted by atomic mass is 9.86. The van der Waals surface area contributed by atoms with Gasteiger partial charge in [-0.15, -0.1) is 0 Å². The molecule has 8 nitrogen and oxygen atoms in total. The Kier molecular flexibility index (Phi) is 9.01. The number of benzene rings is 2. The zero-order valence-corrected chi connectivity index (χ0v) is 25.4. The summed E-state index contributed by atoms with van der Waals surface area (Å²) in [5, 5.41) is 9.40. The Balaban J connectivity index is 1.38. The summed E-state index contributed by atoms with van der Waals surface area (Å²) in [4.78, 5) is 16.5. The van der Waals surface area contributed by atoms with Crippen LogP contribution in [0.1, 0.15) is 62.6 Å². The second-order valence-electron chi connectivity index (χ2n) is 12.5. The molecule has 0 spiro atoms. The lowest BCUT2D eigenvalue weighted by Crippen LogP contribution is -2.40. The second-order valence-corrected chi connectivity index (χ2v) is 14.5. The molecule has 1 aromatic heterocycles. The van der Waals surface area contributed by atoms with Gasteiger partial charge in [0.15, 0.2) is 0 Å². The molecule has 0 amide bonds. The van der Waals surface area contributed by atoms with E-state index in [1.807, 2.05) is 30.3 Å². The van der Waals surface area contributed by atoms with Crippen molar-refractivity contribution in [2.75, 3.05) is 26.3 Å². The average molecular weight is 593 g/mol. The van der Waals surface area contributed by atoms with E-state index in [-0.39, 0.29) is 22.6 Å². The molecule has 2 aromatic carbocycles. The number of hydrogen-bond donors (Lipinski definition) is 1. The molecule has 42 heavy (non-hydrogen) atoms. The largest absolute Gasteiger partial charge is 0.487 e. The Hall–Kier alpha value is -3.27. The minimum Gasteiger partial charge on any atom is -0.487 e. The van der Waals surface area contributed by atoms with Gasteiger partial charge >= 0.3 is 5.97 Å². The number of rotatable bonds is 11. The van der Waals surface area contributed by atoms with Gasteiger partial charge < -0.3 is 14.6 Å². The van der Waals surface area contributed by atoms with Gasteiger partial charge in [0.25, 0.3) is 0 Å². The van der Waals surface area contributed by atoms with Crippen LogP contribution in [-0.4, -0.2) is 55.1 Å². The van der Waals surface area contributed by atoms with Gasteiger partial charge in [-0.1, -0.05) is 57.2 Å². The van der Waals surface area contributed by atoms with Crippen LogP contribution < -0.4 is 4.74 Å². The average Bonchev–Trinajstić information content (AvgIpc) is 3.80.